The van der Waals surface area contributed by atoms with Crippen LogP contribution in [-0.4, -0.2) is 64.8 Å². The van der Waals surface area contributed by atoms with E-state index in [0.717, 1.165) is 0 Å². The molecule has 1 saturated heterocycles. The van der Waals surface area contributed by atoms with Crippen LogP contribution < -0.4 is 5.32 Å². The number of likely N-dealkylation sites (N-methyl/N-ethyl adjacent to an activating group) is 1. The van der Waals surface area contributed by atoms with E-state index in [1.54, 1.807) is 7.05 Å². The second-order valence-electron chi connectivity index (χ2n) is 6.89. The Hall–Kier alpha value is -3.10. The predicted octanol–water partition coefficient (Wildman–Crippen LogP) is 0.261. The van der Waals surface area contributed by atoms with Crippen molar-refractivity contribution in [3.63, 3.8) is 0 Å². The second-order valence-corrected chi connectivity index (χ2v) is 6.89. The van der Waals surface area contributed by atoms with Crippen molar-refractivity contribution in [2.75, 3.05) is 13.6 Å². The van der Waals surface area contributed by atoms with E-state index in [1.807, 2.05) is 0 Å². The first kappa shape index (κ1) is 19.7. The zero-order valence-electron chi connectivity index (χ0n) is 15.6. The number of piperidine rings is 1. The van der Waals surface area contributed by atoms with Gasteiger partial charge in [0.1, 0.15) is 11.7 Å². The Kier molecular flexibility index (Phi) is 5.53. The molecule has 0 bridgehead atoms. The lowest BCUT2D eigenvalue weighted by molar-refractivity contribution is -0.147. The van der Waals surface area contributed by atoms with Crippen LogP contribution in [0.3, 0.4) is 0 Å². The Bertz CT molecular complexity index is 852. The standard InChI is InChI=1S/C19H21FN4O4/c1-11(25)23(2)14-7-8-15-22-16(17(26)19(28)24(15)10-14)18(27)21-9-12-3-5-13(20)6-4-12/h3-6,14,16H,7-10H2,1-2H3,(H,21,27)/t14-,16?/m0/s1. The molecule has 0 aliphatic carbocycles. The van der Waals surface area contributed by atoms with Gasteiger partial charge in [-0.2, -0.15) is 0 Å². The first-order valence-corrected chi connectivity index (χ1v) is 8.96. The van der Waals surface area contributed by atoms with Gasteiger partial charge in [-0.15, -0.1) is 0 Å². The molecule has 3 rings (SSSR count). The van der Waals surface area contributed by atoms with Gasteiger partial charge >= 0.3 is 0 Å². The zero-order valence-corrected chi connectivity index (χ0v) is 15.6. The number of fused-ring (bicyclic) bond motifs is 1. The molecule has 2 aliphatic heterocycles. The number of amidine groups is 1. The van der Waals surface area contributed by atoms with E-state index < -0.39 is 23.6 Å². The fourth-order valence-electron chi connectivity index (χ4n) is 3.27. The van der Waals surface area contributed by atoms with Gasteiger partial charge in [-0.3, -0.25) is 29.1 Å². The minimum Gasteiger partial charge on any atom is -0.350 e. The maximum absolute atomic E-state index is 12.9. The monoisotopic (exact) mass is 388 g/mol. The average Bonchev–Trinajstić information content (AvgIpc) is 2.69. The predicted molar refractivity (Wildman–Crippen MR) is 97.7 cm³/mol. The van der Waals surface area contributed by atoms with Crippen molar-refractivity contribution in [1.29, 1.82) is 0 Å². The first-order valence-electron chi connectivity index (χ1n) is 8.96. The van der Waals surface area contributed by atoms with Crippen LogP contribution in [0.1, 0.15) is 25.3 Å². The van der Waals surface area contributed by atoms with Gasteiger partial charge < -0.3 is 10.2 Å². The number of Topliss-reactive ketones (excluding diaryl/α,β-unsaturated/α-hetero) is 1. The van der Waals surface area contributed by atoms with E-state index in [1.165, 1.54) is 41.0 Å². The molecule has 2 heterocycles. The topological polar surface area (TPSA) is 99.1 Å². The Morgan fingerprint density at radius 3 is 2.61 bits per heavy atom. The van der Waals surface area contributed by atoms with Crippen molar-refractivity contribution in [3.05, 3.63) is 35.6 Å². The molecule has 28 heavy (non-hydrogen) atoms. The van der Waals surface area contributed by atoms with Crippen molar-refractivity contribution in [1.82, 2.24) is 15.1 Å². The maximum Gasteiger partial charge on any atom is 0.298 e. The highest BCUT2D eigenvalue weighted by Gasteiger charge is 2.43. The lowest BCUT2D eigenvalue weighted by Crippen LogP contribution is -2.59. The van der Waals surface area contributed by atoms with Crippen LogP contribution >= 0.6 is 0 Å². The third kappa shape index (κ3) is 3.92. The van der Waals surface area contributed by atoms with Crippen LogP contribution in [0.25, 0.3) is 0 Å². The molecule has 2 atom stereocenters. The summed E-state index contributed by atoms with van der Waals surface area (Å²) in [7, 11) is 1.65. The lowest BCUT2D eigenvalue weighted by atomic mass is 9.99. The third-order valence-electron chi connectivity index (χ3n) is 5.06. The normalized spacial score (nSPS) is 21.7. The van der Waals surface area contributed by atoms with E-state index in [9.17, 15) is 23.6 Å². The van der Waals surface area contributed by atoms with Crippen molar-refractivity contribution in [2.24, 2.45) is 4.99 Å². The van der Waals surface area contributed by atoms with Gasteiger partial charge in [0, 0.05) is 39.5 Å². The van der Waals surface area contributed by atoms with Crippen molar-refractivity contribution < 1.29 is 23.6 Å². The van der Waals surface area contributed by atoms with Gasteiger partial charge in [0.15, 0.2) is 6.04 Å². The lowest BCUT2D eigenvalue weighted by Gasteiger charge is -2.39. The fraction of sp³-hybridized carbons (Fsp3) is 0.421. The summed E-state index contributed by atoms with van der Waals surface area (Å²) in [6.45, 7) is 1.72. The SMILES string of the molecule is CC(=O)N(C)[C@H]1CCC2=NC(C(=O)NCc3ccc(F)cc3)C(=O)C(=O)N2C1. The average molecular weight is 388 g/mol. The number of amides is 3. The summed E-state index contributed by atoms with van der Waals surface area (Å²) in [6, 6.07) is 3.96. The second kappa shape index (κ2) is 7.87. The number of carbonyl (C=O) groups excluding carboxylic acids is 4. The molecule has 3 amide bonds. The molecule has 1 N–H and O–H groups in total. The van der Waals surface area contributed by atoms with Crippen LogP contribution in [0.4, 0.5) is 4.39 Å². The number of nitrogens with one attached hydrogen (secondary N) is 1. The van der Waals surface area contributed by atoms with E-state index >= 15 is 0 Å². The minimum atomic E-state index is -1.42. The van der Waals surface area contributed by atoms with E-state index in [0.29, 0.717) is 24.2 Å². The van der Waals surface area contributed by atoms with Crippen LogP contribution in [0.15, 0.2) is 29.3 Å². The quantitative estimate of drug-likeness (QED) is 0.591. The molecule has 9 heteroatoms. The summed E-state index contributed by atoms with van der Waals surface area (Å²) in [5.41, 5.74) is 0.659. The Balaban J connectivity index is 1.69. The molecule has 1 unspecified atom stereocenters. The molecule has 0 aromatic heterocycles. The van der Waals surface area contributed by atoms with Gasteiger partial charge in [0.2, 0.25) is 5.91 Å². The Labute approximate surface area is 161 Å². The van der Waals surface area contributed by atoms with Gasteiger partial charge in [-0.25, -0.2) is 4.39 Å². The van der Waals surface area contributed by atoms with E-state index in [-0.39, 0.29) is 30.9 Å². The molecule has 8 nitrogen and oxygen atoms in total. The number of hydrogen-bond donors (Lipinski definition) is 1. The highest BCUT2D eigenvalue weighted by atomic mass is 19.1. The van der Waals surface area contributed by atoms with E-state index in [4.69, 9.17) is 0 Å². The number of benzene rings is 1. The third-order valence-corrected chi connectivity index (χ3v) is 5.06. The van der Waals surface area contributed by atoms with Gasteiger partial charge in [-0.05, 0) is 24.1 Å². The van der Waals surface area contributed by atoms with Gasteiger partial charge in [0.25, 0.3) is 17.6 Å². The van der Waals surface area contributed by atoms with Crippen molar-refractivity contribution in [3.8, 4) is 0 Å². The van der Waals surface area contributed by atoms with Crippen LogP contribution in [-0.2, 0) is 25.7 Å². The fourth-order valence-corrected chi connectivity index (χ4v) is 3.27. The van der Waals surface area contributed by atoms with Gasteiger partial charge in [0.05, 0.1) is 0 Å². The molecule has 1 aromatic carbocycles. The smallest absolute Gasteiger partial charge is 0.298 e. The van der Waals surface area contributed by atoms with Crippen LogP contribution in [0.2, 0.25) is 0 Å². The number of ketones is 1. The summed E-state index contributed by atoms with van der Waals surface area (Å²) < 4.78 is 12.9. The van der Waals surface area contributed by atoms with Crippen molar-refractivity contribution in [2.45, 2.75) is 38.4 Å². The summed E-state index contributed by atoms with van der Waals surface area (Å²) in [6.07, 6.45) is 0.986. The Morgan fingerprint density at radius 1 is 1.29 bits per heavy atom. The van der Waals surface area contributed by atoms with Gasteiger partial charge in [-0.1, -0.05) is 12.1 Å². The first-order chi connectivity index (χ1) is 13.3. The number of halogens is 1. The number of carbonyl (C=O) groups is 4. The molecule has 1 fully saturated rings. The molecule has 0 saturated carbocycles. The maximum atomic E-state index is 12.9. The highest BCUT2D eigenvalue weighted by molar-refractivity contribution is 6.46. The summed E-state index contributed by atoms with van der Waals surface area (Å²) in [5, 5.41) is 2.56. The number of nitrogens with zero attached hydrogens (tertiary/aromatic N) is 3. The van der Waals surface area contributed by atoms with Crippen LogP contribution in [0.5, 0.6) is 0 Å². The van der Waals surface area contributed by atoms with Crippen LogP contribution in [0, 0.1) is 5.82 Å². The number of aliphatic imine (C=N–C) groups is 1. The molecule has 0 radical (unpaired) electrons. The highest BCUT2D eigenvalue weighted by Crippen LogP contribution is 2.22. The summed E-state index contributed by atoms with van der Waals surface area (Å²) in [4.78, 5) is 55.8. The molecule has 148 valence electrons. The number of hydrogen-bond acceptors (Lipinski definition) is 5. The minimum absolute atomic E-state index is 0.0944. The largest absolute Gasteiger partial charge is 0.350 e. The molecule has 0 spiro atoms. The summed E-state index contributed by atoms with van der Waals surface area (Å²) in [5.74, 6) is -2.47. The molecule has 1 aromatic rings. The van der Waals surface area contributed by atoms with Crippen molar-refractivity contribution >= 4 is 29.3 Å². The summed E-state index contributed by atoms with van der Waals surface area (Å²) >= 11 is 0. The molecular formula is C19H21FN4O4. The molecule has 2 aliphatic rings. The Morgan fingerprint density at radius 2 is 1.96 bits per heavy atom. The van der Waals surface area contributed by atoms with E-state index in [2.05, 4.69) is 10.3 Å². The molecular weight excluding hydrogens is 367 g/mol. The zero-order chi connectivity index (χ0) is 20.4. The number of rotatable bonds is 4.